The van der Waals surface area contributed by atoms with Gasteiger partial charge in [-0.25, -0.2) is 4.98 Å². The third-order valence-electron chi connectivity index (χ3n) is 2.27. The summed E-state index contributed by atoms with van der Waals surface area (Å²) >= 11 is 3.46. The Bertz CT molecular complexity index is 450. The van der Waals surface area contributed by atoms with E-state index < -0.39 is 0 Å². The minimum absolute atomic E-state index is 0.00528. The summed E-state index contributed by atoms with van der Waals surface area (Å²) in [5.41, 5.74) is 7.88. The number of para-hydroxylation sites is 1. The molecule has 2 rings (SSSR count). The molecule has 0 radical (unpaired) electrons. The first-order chi connectivity index (χ1) is 6.72. The summed E-state index contributed by atoms with van der Waals surface area (Å²) < 4.78 is 1.00. The van der Waals surface area contributed by atoms with E-state index in [4.69, 9.17) is 5.73 Å². The maximum Gasteiger partial charge on any atom is 0.124 e. The van der Waals surface area contributed by atoms with Crippen molar-refractivity contribution in [3.05, 3.63) is 28.5 Å². The van der Waals surface area contributed by atoms with Crippen LogP contribution in [0.5, 0.6) is 0 Å². The van der Waals surface area contributed by atoms with Crippen molar-refractivity contribution >= 4 is 27.0 Å². The maximum absolute atomic E-state index is 5.90. The van der Waals surface area contributed by atoms with E-state index in [0.717, 1.165) is 27.8 Å². The third-order valence-corrected chi connectivity index (χ3v) is 2.91. The van der Waals surface area contributed by atoms with Crippen molar-refractivity contribution < 1.29 is 0 Å². The zero-order valence-corrected chi connectivity index (χ0v) is 9.51. The average Bonchev–Trinajstić information content (AvgIpc) is 2.62. The van der Waals surface area contributed by atoms with E-state index in [0.29, 0.717) is 0 Å². The molecule has 0 spiro atoms. The van der Waals surface area contributed by atoms with Gasteiger partial charge in [-0.15, -0.1) is 0 Å². The van der Waals surface area contributed by atoms with Crippen LogP contribution in [-0.2, 0) is 0 Å². The number of aromatic nitrogens is 2. The van der Waals surface area contributed by atoms with Gasteiger partial charge < -0.3 is 10.7 Å². The topological polar surface area (TPSA) is 54.7 Å². The Morgan fingerprint density at radius 1 is 1.57 bits per heavy atom. The number of hydrogen-bond donors (Lipinski definition) is 2. The van der Waals surface area contributed by atoms with Crippen LogP contribution in [0.4, 0.5) is 0 Å². The number of H-pyrrole nitrogens is 1. The number of nitrogens with two attached hydrogens (primary N) is 1. The first kappa shape index (κ1) is 9.68. The highest BCUT2D eigenvalue weighted by Gasteiger charge is 2.10. The monoisotopic (exact) mass is 253 g/mol. The highest BCUT2D eigenvalue weighted by atomic mass is 79.9. The number of hydrogen-bond acceptors (Lipinski definition) is 2. The molecule has 0 fully saturated rings. The van der Waals surface area contributed by atoms with Crippen LogP contribution in [0, 0.1) is 0 Å². The second-order valence-corrected chi connectivity index (χ2v) is 4.13. The Morgan fingerprint density at radius 3 is 3.00 bits per heavy atom. The van der Waals surface area contributed by atoms with Gasteiger partial charge >= 0.3 is 0 Å². The molecule has 1 aromatic heterocycles. The van der Waals surface area contributed by atoms with E-state index in [1.807, 2.05) is 25.1 Å². The zero-order valence-electron chi connectivity index (χ0n) is 7.92. The standard InChI is InChI=1S/C10H12BrN3/c1-2-7(12)10-13-8-5-3-4-6(11)9(8)14-10/h3-5,7H,2,12H2,1H3,(H,13,14). The number of rotatable bonds is 2. The molecule has 0 aliphatic rings. The Morgan fingerprint density at radius 2 is 2.36 bits per heavy atom. The van der Waals surface area contributed by atoms with Crippen molar-refractivity contribution in [2.75, 3.05) is 0 Å². The molecule has 3 N–H and O–H groups in total. The summed E-state index contributed by atoms with van der Waals surface area (Å²) in [6.45, 7) is 2.05. The summed E-state index contributed by atoms with van der Waals surface area (Å²) in [4.78, 5) is 7.68. The fraction of sp³-hybridized carbons (Fsp3) is 0.300. The summed E-state index contributed by atoms with van der Waals surface area (Å²) in [6.07, 6.45) is 0.886. The number of aromatic amines is 1. The molecule has 1 aromatic carbocycles. The molecule has 0 bridgehead atoms. The number of nitrogens with zero attached hydrogens (tertiary/aromatic N) is 1. The van der Waals surface area contributed by atoms with Crippen LogP contribution in [0.3, 0.4) is 0 Å². The second-order valence-electron chi connectivity index (χ2n) is 3.27. The van der Waals surface area contributed by atoms with Crippen LogP contribution in [0.15, 0.2) is 22.7 Å². The lowest BCUT2D eigenvalue weighted by atomic mass is 10.2. The molecule has 0 aliphatic heterocycles. The van der Waals surface area contributed by atoms with Crippen LogP contribution < -0.4 is 5.73 Å². The predicted molar refractivity (Wildman–Crippen MR) is 61.0 cm³/mol. The molecule has 0 saturated carbocycles. The molecule has 0 amide bonds. The lowest BCUT2D eigenvalue weighted by molar-refractivity contribution is 0.660. The van der Waals surface area contributed by atoms with Gasteiger partial charge in [-0.3, -0.25) is 0 Å². The molecule has 0 aliphatic carbocycles. The van der Waals surface area contributed by atoms with Crippen LogP contribution >= 0.6 is 15.9 Å². The lowest BCUT2D eigenvalue weighted by Gasteiger charge is -2.02. The molecule has 1 unspecified atom stereocenters. The Kier molecular flexibility index (Phi) is 2.56. The molecule has 0 saturated heterocycles. The molecule has 14 heavy (non-hydrogen) atoms. The second kappa shape index (κ2) is 3.71. The van der Waals surface area contributed by atoms with Crippen molar-refractivity contribution in [3.8, 4) is 0 Å². The van der Waals surface area contributed by atoms with Crippen LogP contribution in [0.2, 0.25) is 0 Å². The molecular formula is C10H12BrN3. The first-order valence-corrected chi connectivity index (χ1v) is 5.41. The van der Waals surface area contributed by atoms with Crippen molar-refractivity contribution in [3.63, 3.8) is 0 Å². The number of nitrogens with one attached hydrogen (secondary N) is 1. The SMILES string of the molecule is CCC(N)c1nc2c(Br)cccc2[nH]1. The summed E-state index contributed by atoms with van der Waals surface area (Å²) in [6, 6.07) is 5.95. The Balaban J connectivity index is 2.56. The van der Waals surface area contributed by atoms with Gasteiger partial charge in [0.25, 0.3) is 0 Å². The van der Waals surface area contributed by atoms with Gasteiger partial charge in [0, 0.05) is 4.47 Å². The van der Waals surface area contributed by atoms with Crippen molar-refractivity contribution in [2.24, 2.45) is 5.73 Å². The number of imidazole rings is 1. The molecule has 74 valence electrons. The fourth-order valence-corrected chi connectivity index (χ4v) is 1.84. The van der Waals surface area contributed by atoms with Crippen LogP contribution in [0.1, 0.15) is 25.2 Å². The van der Waals surface area contributed by atoms with Gasteiger partial charge in [-0.1, -0.05) is 13.0 Å². The highest BCUT2D eigenvalue weighted by Crippen LogP contribution is 2.23. The quantitative estimate of drug-likeness (QED) is 0.865. The Labute approximate surface area is 90.8 Å². The van der Waals surface area contributed by atoms with Gasteiger partial charge in [-0.05, 0) is 34.5 Å². The van der Waals surface area contributed by atoms with Gasteiger partial charge in [0.05, 0.1) is 11.6 Å². The van der Waals surface area contributed by atoms with Crippen molar-refractivity contribution in [2.45, 2.75) is 19.4 Å². The normalized spacial score (nSPS) is 13.4. The summed E-state index contributed by atoms with van der Waals surface area (Å²) in [7, 11) is 0. The fourth-order valence-electron chi connectivity index (χ4n) is 1.39. The molecule has 1 heterocycles. The van der Waals surface area contributed by atoms with E-state index in [9.17, 15) is 0 Å². The molecular weight excluding hydrogens is 242 g/mol. The third kappa shape index (κ3) is 1.55. The largest absolute Gasteiger partial charge is 0.341 e. The van der Waals surface area contributed by atoms with Gasteiger partial charge in [0.2, 0.25) is 0 Å². The number of fused-ring (bicyclic) bond motifs is 1. The van der Waals surface area contributed by atoms with E-state index in [-0.39, 0.29) is 6.04 Å². The molecule has 1 atom stereocenters. The van der Waals surface area contributed by atoms with E-state index >= 15 is 0 Å². The minimum atomic E-state index is -0.00528. The molecule has 3 nitrogen and oxygen atoms in total. The van der Waals surface area contributed by atoms with Gasteiger partial charge in [0.1, 0.15) is 11.3 Å². The highest BCUT2D eigenvalue weighted by molar-refractivity contribution is 9.10. The predicted octanol–water partition coefficient (Wildman–Crippen LogP) is 2.74. The number of benzene rings is 1. The Hall–Kier alpha value is -0.870. The summed E-state index contributed by atoms with van der Waals surface area (Å²) in [5, 5.41) is 0. The minimum Gasteiger partial charge on any atom is -0.341 e. The number of halogens is 1. The smallest absolute Gasteiger partial charge is 0.124 e. The van der Waals surface area contributed by atoms with E-state index in [1.54, 1.807) is 0 Å². The first-order valence-electron chi connectivity index (χ1n) is 4.62. The zero-order chi connectivity index (χ0) is 10.1. The maximum atomic E-state index is 5.90. The van der Waals surface area contributed by atoms with Crippen molar-refractivity contribution in [1.82, 2.24) is 9.97 Å². The van der Waals surface area contributed by atoms with Crippen molar-refractivity contribution in [1.29, 1.82) is 0 Å². The van der Waals surface area contributed by atoms with E-state index in [1.165, 1.54) is 0 Å². The lowest BCUT2D eigenvalue weighted by Crippen LogP contribution is -2.10. The molecule has 2 aromatic rings. The van der Waals surface area contributed by atoms with Gasteiger partial charge in [-0.2, -0.15) is 0 Å². The molecule has 4 heteroatoms. The van der Waals surface area contributed by atoms with Crippen LogP contribution in [0.25, 0.3) is 11.0 Å². The summed E-state index contributed by atoms with van der Waals surface area (Å²) in [5.74, 6) is 0.856. The van der Waals surface area contributed by atoms with Crippen LogP contribution in [-0.4, -0.2) is 9.97 Å². The average molecular weight is 254 g/mol. The van der Waals surface area contributed by atoms with Gasteiger partial charge in [0.15, 0.2) is 0 Å². The van der Waals surface area contributed by atoms with E-state index in [2.05, 4.69) is 25.9 Å².